The van der Waals surface area contributed by atoms with Gasteiger partial charge in [-0.05, 0) is 24.7 Å². The molecule has 0 aromatic rings. The van der Waals surface area contributed by atoms with Crippen LogP contribution in [0.1, 0.15) is 37.8 Å². The summed E-state index contributed by atoms with van der Waals surface area (Å²) in [6.07, 6.45) is -10.8. The predicted octanol–water partition coefficient (Wildman–Crippen LogP) is 2.34. The summed E-state index contributed by atoms with van der Waals surface area (Å²) in [5, 5.41) is 0. The number of hydrogen-bond acceptors (Lipinski definition) is 1. The summed E-state index contributed by atoms with van der Waals surface area (Å²) in [6, 6.07) is 0. The first-order chi connectivity index (χ1) is 7.81. The Morgan fingerprint density at radius 3 is 2.89 bits per heavy atom. The Morgan fingerprint density at radius 1 is 1.67 bits per heavy atom. The minimum atomic E-state index is -3.15. The lowest BCUT2D eigenvalue weighted by Crippen LogP contribution is -1.85. The largest absolute Gasteiger partial charge is 0.505 e. The quantitative estimate of drug-likeness (QED) is 0.528. The molecule has 1 aliphatic carbocycles. The Kier molecular flexibility index (Phi) is 0.621. The van der Waals surface area contributed by atoms with Crippen molar-refractivity contribution in [1.82, 2.24) is 0 Å². The molecule has 1 heteroatoms. The van der Waals surface area contributed by atoms with Gasteiger partial charge in [0.2, 0.25) is 0 Å². The van der Waals surface area contributed by atoms with Gasteiger partial charge in [-0.3, -0.25) is 0 Å². The minimum absolute atomic E-state index is 0.718. The molecule has 0 saturated heterocycles. The van der Waals surface area contributed by atoms with Crippen molar-refractivity contribution in [3.63, 3.8) is 0 Å². The van der Waals surface area contributed by atoms with E-state index in [0.29, 0.717) is 0 Å². The molecule has 1 rings (SSSR count). The van der Waals surface area contributed by atoms with Crippen molar-refractivity contribution in [2.24, 2.45) is 5.89 Å². The van der Waals surface area contributed by atoms with Crippen molar-refractivity contribution in [3.8, 4) is 0 Å². The standard InChI is InChI=1S/C8H14O/c1-9-7-6-8-4-2-3-5-8/h6-8H,2-5H2,1H3/b7-6+/i2D2,3D2,4D2,5D2,8D. The van der Waals surface area contributed by atoms with E-state index >= 15 is 0 Å². The Hall–Kier alpha value is -0.460. The Balaban J connectivity index is 3.58. The summed E-state index contributed by atoms with van der Waals surface area (Å²) in [6.45, 7) is 0. The molecule has 0 amide bonds. The maximum Gasteiger partial charge on any atom is 0.0787 e. The van der Waals surface area contributed by atoms with Crippen LogP contribution < -0.4 is 0 Å². The van der Waals surface area contributed by atoms with Crippen LogP contribution in [0.15, 0.2) is 12.3 Å². The zero-order valence-corrected chi connectivity index (χ0v) is 5.06. The highest BCUT2D eigenvalue weighted by Crippen LogP contribution is 2.25. The number of allylic oxidation sites excluding steroid dienone is 1. The molecule has 0 heterocycles. The summed E-state index contributed by atoms with van der Waals surface area (Å²) < 4.78 is 73.1. The zero-order chi connectivity index (χ0) is 14.6. The van der Waals surface area contributed by atoms with Gasteiger partial charge in [-0.1, -0.05) is 12.7 Å². The SMILES string of the molecule is [2H]C1([2H])C([2H])([2H])C([2H])([2H])C([2H])(/C=C/OC)C1([2H])[2H]. The third-order valence-corrected chi connectivity index (χ3v) is 0.828. The summed E-state index contributed by atoms with van der Waals surface area (Å²) in [5.41, 5.74) is 0. The van der Waals surface area contributed by atoms with Gasteiger partial charge in [0.15, 0.2) is 0 Å². The maximum absolute atomic E-state index is 7.90. The lowest BCUT2D eigenvalue weighted by atomic mass is 10.1. The number of ether oxygens (including phenoxy) is 1. The van der Waals surface area contributed by atoms with Gasteiger partial charge in [0.1, 0.15) is 0 Å². The number of hydrogen-bond donors (Lipinski definition) is 0. The fourth-order valence-electron chi connectivity index (χ4n) is 0.448. The monoisotopic (exact) mass is 135 g/mol. The van der Waals surface area contributed by atoms with Crippen molar-refractivity contribution in [2.45, 2.75) is 25.5 Å². The second kappa shape index (κ2) is 3.54. The smallest absolute Gasteiger partial charge is 0.0787 e. The molecule has 1 aliphatic rings. The van der Waals surface area contributed by atoms with Crippen LogP contribution in [0, 0.1) is 5.89 Å². The lowest BCUT2D eigenvalue weighted by Gasteiger charge is -1.97. The van der Waals surface area contributed by atoms with E-state index in [9.17, 15) is 0 Å². The van der Waals surface area contributed by atoms with E-state index in [2.05, 4.69) is 4.74 Å². The molecule has 0 unspecified atom stereocenters. The van der Waals surface area contributed by atoms with Crippen LogP contribution in [0.2, 0.25) is 0 Å². The first-order valence-electron chi connectivity index (χ1n) is 7.02. The molecule has 52 valence electrons. The highest BCUT2D eigenvalue weighted by Gasteiger charge is 2.10. The van der Waals surface area contributed by atoms with Gasteiger partial charge in [-0.25, -0.2) is 0 Å². The molecule has 0 aromatic heterocycles. The van der Waals surface area contributed by atoms with E-state index in [-0.39, 0.29) is 0 Å². The lowest BCUT2D eigenvalue weighted by molar-refractivity contribution is 0.333. The van der Waals surface area contributed by atoms with Crippen LogP contribution in [-0.2, 0) is 4.74 Å². The fraction of sp³-hybridized carbons (Fsp3) is 0.750. The van der Waals surface area contributed by atoms with Crippen LogP contribution in [0.5, 0.6) is 0 Å². The van der Waals surface area contributed by atoms with E-state index in [1.807, 2.05) is 0 Å². The molecule has 1 saturated carbocycles. The van der Waals surface area contributed by atoms with Gasteiger partial charge in [0.25, 0.3) is 0 Å². The van der Waals surface area contributed by atoms with Crippen molar-refractivity contribution < 1.29 is 17.1 Å². The van der Waals surface area contributed by atoms with E-state index in [0.717, 1.165) is 12.3 Å². The summed E-state index contributed by atoms with van der Waals surface area (Å²) in [5.74, 6) is -2.73. The van der Waals surface area contributed by atoms with Gasteiger partial charge < -0.3 is 4.74 Å². The van der Waals surface area contributed by atoms with Crippen LogP contribution >= 0.6 is 0 Å². The van der Waals surface area contributed by atoms with Crippen molar-refractivity contribution >= 4 is 0 Å². The number of rotatable bonds is 2. The Bertz CT molecular complexity index is 347. The molecular weight excluding hydrogens is 112 g/mol. The Morgan fingerprint density at radius 2 is 2.33 bits per heavy atom. The van der Waals surface area contributed by atoms with Crippen LogP contribution in [0.4, 0.5) is 0 Å². The molecule has 0 aliphatic heterocycles. The third kappa shape index (κ3) is 2.08. The first kappa shape index (κ1) is 1.58. The topological polar surface area (TPSA) is 9.23 Å². The number of methoxy groups -OCH3 is 1. The average Bonchev–Trinajstić information content (AvgIpc) is 2.27. The van der Waals surface area contributed by atoms with Crippen molar-refractivity contribution in [3.05, 3.63) is 12.3 Å². The summed E-state index contributed by atoms with van der Waals surface area (Å²) in [7, 11) is 1.21. The highest BCUT2D eigenvalue weighted by molar-refractivity contribution is 4.85. The molecule has 0 radical (unpaired) electrons. The van der Waals surface area contributed by atoms with E-state index < -0.39 is 31.4 Å². The average molecular weight is 135 g/mol. The predicted molar refractivity (Wildman–Crippen MR) is 38.1 cm³/mol. The molecule has 0 aromatic carbocycles. The summed E-state index contributed by atoms with van der Waals surface area (Å²) in [4.78, 5) is 0. The van der Waals surface area contributed by atoms with E-state index in [4.69, 9.17) is 12.3 Å². The van der Waals surface area contributed by atoms with Gasteiger partial charge in [0, 0.05) is 12.3 Å². The van der Waals surface area contributed by atoms with E-state index in [1.54, 1.807) is 0 Å². The molecule has 0 spiro atoms. The van der Waals surface area contributed by atoms with Gasteiger partial charge in [-0.2, -0.15) is 0 Å². The third-order valence-electron chi connectivity index (χ3n) is 0.828. The highest BCUT2D eigenvalue weighted by atomic mass is 16.5. The molecule has 1 nitrogen and oxygen atoms in total. The summed E-state index contributed by atoms with van der Waals surface area (Å²) >= 11 is 0. The first-order valence-corrected chi connectivity index (χ1v) is 2.52. The second-order valence-electron chi connectivity index (χ2n) is 1.45. The molecule has 0 bridgehead atoms. The van der Waals surface area contributed by atoms with Crippen molar-refractivity contribution in [2.75, 3.05) is 7.11 Å². The molecular formula is C8H14O. The van der Waals surface area contributed by atoms with Crippen LogP contribution in [-0.4, -0.2) is 7.11 Å². The molecule has 0 atom stereocenters. The van der Waals surface area contributed by atoms with Crippen LogP contribution in [0.3, 0.4) is 0 Å². The molecule has 0 N–H and O–H groups in total. The second-order valence-corrected chi connectivity index (χ2v) is 1.45. The molecule has 9 heavy (non-hydrogen) atoms. The van der Waals surface area contributed by atoms with Gasteiger partial charge in [0.05, 0.1) is 13.4 Å². The fourth-order valence-corrected chi connectivity index (χ4v) is 0.448. The normalized spacial score (nSPS) is 62.1. The van der Waals surface area contributed by atoms with E-state index in [1.165, 1.54) is 7.11 Å². The van der Waals surface area contributed by atoms with Crippen molar-refractivity contribution in [1.29, 1.82) is 0 Å². The maximum atomic E-state index is 7.90. The van der Waals surface area contributed by atoms with Gasteiger partial charge >= 0.3 is 0 Å². The van der Waals surface area contributed by atoms with Gasteiger partial charge in [-0.15, -0.1) is 0 Å². The minimum Gasteiger partial charge on any atom is -0.505 e. The molecule has 1 fully saturated rings. The van der Waals surface area contributed by atoms with Crippen LogP contribution in [0.25, 0.3) is 0 Å². The zero-order valence-electron chi connectivity index (χ0n) is 14.1. The Labute approximate surface area is 69.4 Å².